The monoisotopic (exact) mass is 290 g/mol. The lowest BCUT2D eigenvalue weighted by Crippen LogP contribution is -2.42. The van der Waals surface area contributed by atoms with E-state index in [9.17, 15) is 4.79 Å². The van der Waals surface area contributed by atoms with E-state index in [0.717, 1.165) is 5.56 Å². The van der Waals surface area contributed by atoms with Crippen molar-refractivity contribution in [1.29, 1.82) is 0 Å². The molecule has 0 unspecified atom stereocenters. The van der Waals surface area contributed by atoms with Crippen molar-refractivity contribution in [3.05, 3.63) is 34.9 Å². The van der Waals surface area contributed by atoms with Crippen molar-refractivity contribution < 1.29 is 4.79 Å². The standard InChI is InChI=1S/C13H19ClN2O.ClH/c1-9(10-5-4-6-11(14)7-10)16-12(17)13(2,3)8-15;/h4-7,9H,8,15H2,1-3H3,(H,16,17);1H/t9-;/m1./s1. The fraction of sp³-hybridized carbons (Fsp3) is 0.462. The summed E-state index contributed by atoms with van der Waals surface area (Å²) in [5.74, 6) is -0.0486. The molecule has 1 aromatic carbocycles. The van der Waals surface area contributed by atoms with E-state index in [1.54, 1.807) is 0 Å². The number of rotatable bonds is 4. The van der Waals surface area contributed by atoms with Crippen molar-refractivity contribution in [3.8, 4) is 0 Å². The molecule has 0 fully saturated rings. The fourth-order valence-electron chi connectivity index (χ4n) is 1.34. The average molecular weight is 291 g/mol. The minimum atomic E-state index is -0.549. The summed E-state index contributed by atoms with van der Waals surface area (Å²) in [7, 11) is 0. The third-order valence-electron chi connectivity index (χ3n) is 2.82. The van der Waals surface area contributed by atoms with Crippen LogP contribution in [0.5, 0.6) is 0 Å². The number of carbonyl (C=O) groups is 1. The van der Waals surface area contributed by atoms with Gasteiger partial charge in [0.1, 0.15) is 0 Å². The Morgan fingerprint density at radius 3 is 2.61 bits per heavy atom. The average Bonchev–Trinajstić information content (AvgIpc) is 2.28. The van der Waals surface area contributed by atoms with E-state index < -0.39 is 5.41 Å². The van der Waals surface area contributed by atoms with Gasteiger partial charge in [-0.15, -0.1) is 12.4 Å². The Balaban J connectivity index is 0.00000289. The number of carbonyl (C=O) groups excluding carboxylic acids is 1. The first-order chi connectivity index (χ1) is 7.86. The van der Waals surface area contributed by atoms with Gasteiger partial charge in [0.15, 0.2) is 0 Å². The molecule has 3 nitrogen and oxygen atoms in total. The first kappa shape index (κ1) is 17.2. The Morgan fingerprint density at radius 2 is 2.11 bits per heavy atom. The molecule has 1 amide bonds. The number of hydrogen-bond acceptors (Lipinski definition) is 2. The van der Waals surface area contributed by atoms with Crippen LogP contribution in [0.4, 0.5) is 0 Å². The molecule has 0 heterocycles. The van der Waals surface area contributed by atoms with Crippen LogP contribution in [-0.4, -0.2) is 12.5 Å². The highest BCUT2D eigenvalue weighted by Crippen LogP contribution is 2.20. The summed E-state index contributed by atoms with van der Waals surface area (Å²) in [6.07, 6.45) is 0. The minimum Gasteiger partial charge on any atom is -0.349 e. The number of hydrogen-bond donors (Lipinski definition) is 2. The number of amides is 1. The molecule has 3 N–H and O–H groups in total. The largest absolute Gasteiger partial charge is 0.349 e. The number of halogens is 2. The highest BCUT2D eigenvalue weighted by molar-refractivity contribution is 6.30. The second kappa shape index (κ2) is 6.98. The Kier molecular flexibility index (Phi) is 6.68. The van der Waals surface area contributed by atoms with Crippen LogP contribution >= 0.6 is 24.0 Å². The Morgan fingerprint density at radius 1 is 1.50 bits per heavy atom. The van der Waals surface area contributed by atoms with Gasteiger partial charge in [-0.05, 0) is 38.5 Å². The van der Waals surface area contributed by atoms with E-state index >= 15 is 0 Å². The minimum absolute atomic E-state index is 0. The maximum atomic E-state index is 11.9. The van der Waals surface area contributed by atoms with Crippen LogP contribution in [0, 0.1) is 5.41 Å². The lowest BCUT2D eigenvalue weighted by atomic mass is 9.92. The van der Waals surface area contributed by atoms with Gasteiger partial charge in [-0.2, -0.15) is 0 Å². The summed E-state index contributed by atoms with van der Waals surface area (Å²) in [4.78, 5) is 11.9. The number of benzene rings is 1. The predicted molar refractivity (Wildman–Crippen MR) is 78.1 cm³/mol. The SMILES string of the molecule is C[C@@H](NC(=O)C(C)(C)CN)c1cccc(Cl)c1.Cl. The maximum absolute atomic E-state index is 11.9. The second-order valence-electron chi connectivity index (χ2n) is 4.84. The van der Waals surface area contributed by atoms with Crippen molar-refractivity contribution >= 4 is 29.9 Å². The van der Waals surface area contributed by atoms with Gasteiger partial charge in [0.05, 0.1) is 11.5 Å². The van der Waals surface area contributed by atoms with Crippen LogP contribution in [0.25, 0.3) is 0 Å². The highest BCUT2D eigenvalue weighted by atomic mass is 35.5. The molecule has 0 aliphatic heterocycles. The molecule has 18 heavy (non-hydrogen) atoms. The van der Waals surface area contributed by atoms with Crippen molar-refractivity contribution in [2.24, 2.45) is 11.1 Å². The molecule has 102 valence electrons. The molecular formula is C13H20Cl2N2O. The molecule has 1 rings (SSSR count). The highest BCUT2D eigenvalue weighted by Gasteiger charge is 2.26. The summed E-state index contributed by atoms with van der Waals surface area (Å²) in [6.45, 7) is 5.90. The van der Waals surface area contributed by atoms with Gasteiger partial charge in [0.25, 0.3) is 0 Å². The molecule has 0 radical (unpaired) electrons. The predicted octanol–water partition coefficient (Wildman–Crippen LogP) is 2.92. The molecule has 5 heteroatoms. The summed E-state index contributed by atoms with van der Waals surface area (Å²) in [5.41, 5.74) is 6.00. The van der Waals surface area contributed by atoms with Gasteiger partial charge in [0.2, 0.25) is 5.91 Å². The van der Waals surface area contributed by atoms with Gasteiger partial charge in [-0.1, -0.05) is 23.7 Å². The van der Waals surface area contributed by atoms with Gasteiger partial charge >= 0.3 is 0 Å². The molecule has 0 spiro atoms. The smallest absolute Gasteiger partial charge is 0.227 e. The normalized spacial score (nSPS) is 12.5. The van der Waals surface area contributed by atoms with E-state index in [2.05, 4.69) is 5.32 Å². The molecular weight excluding hydrogens is 271 g/mol. The van der Waals surface area contributed by atoms with Crippen molar-refractivity contribution in [3.63, 3.8) is 0 Å². The van der Waals surface area contributed by atoms with Crippen LogP contribution in [0.3, 0.4) is 0 Å². The third-order valence-corrected chi connectivity index (χ3v) is 3.06. The third kappa shape index (κ3) is 4.48. The molecule has 0 aromatic heterocycles. The first-order valence-corrected chi connectivity index (χ1v) is 6.01. The zero-order valence-corrected chi connectivity index (χ0v) is 12.4. The van der Waals surface area contributed by atoms with Gasteiger partial charge in [-0.25, -0.2) is 0 Å². The van der Waals surface area contributed by atoms with Crippen LogP contribution in [0.15, 0.2) is 24.3 Å². The first-order valence-electron chi connectivity index (χ1n) is 5.63. The molecule has 0 saturated carbocycles. The van der Waals surface area contributed by atoms with Crippen molar-refractivity contribution in [2.45, 2.75) is 26.8 Å². The number of nitrogens with one attached hydrogen (secondary N) is 1. The molecule has 0 bridgehead atoms. The van der Waals surface area contributed by atoms with E-state index in [-0.39, 0.29) is 24.4 Å². The zero-order valence-electron chi connectivity index (χ0n) is 10.9. The molecule has 0 saturated heterocycles. The summed E-state index contributed by atoms with van der Waals surface area (Å²) < 4.78 is 0. The summed E-state index contributed by atoms with van der Waals surface area (Å²) in [5, 5.41) is 3.61. The maximum Gasteiger partial charge on any atom is 0.227 e. The van der Waals surface area contributed by atoms with E-state index in [1.165, 1.54) is 0 Å². The topological polar surface area (TPSA) is 55.1 Å². The van der Waals surface area contributed by atoms with E-state index in [4.69, 9.17) is 17.3 Å². The Labute approximate surface area is 119 Å². The van der Waals surface area contributed by atoms with Crippen molar-refractivity contribution in [2.75, 3.05) is 6.54 Å². The molecule has 0 aliphatic rings. The van der Waals surface area contributed by atoms with E-state index in [1.807, 2.05) is 45.0 Å². The van der Waals surface area contributed by atoms with Gasteiger partial charge < -0.3 is 11.1 Å². The van der Waals surface area contributed by atoms with Crippen LogP contribution < -0.4 is 11.1 Å². The molecule has 1 aromatic rings. The summed E-state index contributed by atoms with van der Waals surface area (Å²) in [6, 6.07) is 7.39. The van der Waals surface area contributed by atoms with Crippen LogP contribution in [0.1, 0.15) is 32.4 Å². The van der Waals surface area contributed by atoms with Gasteiger partial charge in [0, 0.05) is 11.6 Å². The fourth-order valence-corrected chi connectivity index (χ4v) is 1.54. The zero-order chi connectivity index (χ0) is 13.1. The summed E-state index contributed by atoms with van der Waals surface area (Å²) >= 11 is 5.91. The second-order valence-corrected chi connectivity index (χ2v) is 5.27. The quantitative estimate of drug-likeness (QED) is 0.896. The Hall–Kier alpha value is -0.770. The van der Waals surface area contributed by atoms with Crippen LogP contribution in [0.2, 0.25) is 5.02 Å². The van der Waals surface area contributed by atoms with Crippen molar-refractivity contribution in [1.82, 2.24) is 5.32 Å². The number of nitrogens with two attached hydrogens (primary N) is 1. The van der Waals surface area contributed by atoms with Gasteiger partial charge in [-0.3, -0.25) is 4.79 Å². The van der Waals surface area contributed by atoms with Crippen LogP contribution in [-0.2, 0) is 4.79 Å². The Bertz CT molecular complexity index is 408. The lowest BCUT2D eigenvalue weighted by molar-refractivity contribution is -0.129. The lowest BCUT2D eigenvalue weighted by Gasteiger charge is -2.24. The van der Waals surface area contributed by atoms with E-state index in [0.29, 0.717) is 11.6 Å². The molecule has 0 aliphatic carbocycles. The molecule has 1 atom stereocenters.